The van der Waals surface area contributed by atoms with Crippen molar-refractivity contribution in [3.8, 4) is 0 Å². The topological polar surface area (TPSA) is 32.3 Å². The molecule has 0 aromatic carbocycles. The van der Waals surface area contributed by atoms with Gasteiger partial charge in [0.15, 0.2) is 0 Å². The van der Waals surface area contributed by atoms with Crippen molar-refractivity contribution in [3.05, 3.63) is 48.0 Å². The van der Waals surface area contributed by atoms with Gasteiger partial charge in [0, 0.05) is 42.5 Å². The molecule has 4 heteroatoms. The Morgan fingerprint density at radius 2 is 1.48 bits per heavy atom. The Hall–Kier alpha value is -2.20. The Balaban J connectivity index is 1.87. The molecule has 1 aliphatic rings. The molecule has 0 bridgehead atoms. The van der Waals surface area contributed by atoms with E-state index in [2.05, 4.69) is 57.9 Å². The first-order valence-corrected chi connectivity index (χ1v) is 8.39. The first kappa shape index (κ1) is 15.7. The van der Waals surface area contributed by atoms with E-state index in [0.29, 0.717) is 0 Å². The fourth-order valence-corrected chi connectivity index (χ4v) is 3.09. The van der Waals surface area contributed by atoms with Crippen LogP contribution >= 0.6 is 0 Å². The van der Waals surface area contributed by atoms with Crippen LogP contribution in [0.2, 0.25) is 0 Å². The van der Waals surface area contributed by atoms with Crippen LogP contribution in [0, 0.1) is 0 Å². The van der Waals surface area contributed by atoms with Gasteiger partial charge in [0.05, 0.1) is 11.4 Å². The molecule has 0 amide bonds. The van der Waals surface area contributed by atoms with Gasteiger partial charge in [-0.1, -0.05) is 26.0 Å². The van der Waals surface area contributed by atoms with Gasteiger partial charge in [-0.3, -0.25) is 9.97 Å². The van der Waals surface area contributed by atoms with Crippen LogP contribution in [0.15, 0.2) is 36.9 Å². The second-order valence-electron chi connectivity index (χ2n) is 5.73. The van der Waals surface area contributed by atoms with Crippen molar-refractivity contribution in [1.82, 2.24) is 14.9 Å². The van der Waals surface area contributed by atoms with Crippen molar-refractivity contribution >= 4 is 23.5 Å². The molecule has 1 aliphatic heterocycles. The predicted molar refractivity (Wildman–Crippen MR) is 96.8 cm³/mol. The summed E-state index contributed by atoms with van der Waals surface area (Å²) < 4.78 is 0. The molecule has 0 saturated carbocycles. The summed E-state index contributed by atoms with van der Waals surface area (Å²) in [5.41, 5.74) is 4.76. The zero-order valence-corrected chi connectivity index (χ0v) is 13.9. The highest BCUT2D eigenvalue weighted by Gasteiger charge is 2.17. The first-order chi connectivity index (χ1) is 11.3. The number of rotatable bonds is 6. The standard InChI is InChI=1S/C19H24N4/c1-3-22(4-2)12-5-13-23-18-8-10-20-14-16(18)6-7-17-15-21-11-9-19(17)23/h6-11,14-15H,3-5,12-13H2,1-2H3. The van der Waals surface area contributed by atoms with Gasteiger partial charge in [-0.2, -0.15) is 0 Å². The lowest BCUT2D eigenvalue weighted by atomic mass is 10.2. The summed E-state index contributed by atoms with van der Waals surface area (Å²) in [6.07, 6.45) is 13.0. The van der Waals surface area contributed by atoms with Crippen LogP contribution in [0.1, 0.15) is 31.4 Å². The van der Waals surface area contributed by atoms with Gasteiger partial charge in [0.1, 0.15) is 0 Å². The number of hydrogen-bond acceptors (Lipinski definition) is 4. The normalized spacial score (nSPS) is 12.9. The minimum atomic E-state index is 0.992. The Morgan fingerprint density at radius 3 is 2.00 bits per heavy atom. The summed E-state index contributed by atoms with van der Waals surface area (Å²) in [5, 5.41) is 0. The molecule has 3 heterocycles. The molecule has 0 spiro atoms. The molecule has 0 atom stereocenters. The maximum atomic E-state index is 4.27. The zero-order valence-electron chi connectivity index (χ0n) is 13.9. The number of fused-ring (bicyclic) bond motifs is 2. The molecular formula is C19H24N4. The van der Waals surface area contributed by atoms with E-state index in [1.807, 2.05) is 24.8 Å². The minimum absolute atomic E-state index is 0.992. The third-order valence-corrected chi connectivity index (χ3v) is 4.43. The van der Waals surface area contributed by atoms with E-state index in [-0.39, 0.29) is 0 Å². The Morgan fingerprint density at radius 1 is 0.913 bits per heavy atom. The molecule has 2 aromatic rings. The van der Waals surface area contributed by atoms with Crippen LogP contribution < -0.4 is 4.90 Å². The second kappa shape index (κ2) is 7.38. The van der Waals surface area contributed by atoms with Crippen molar-refractivity contribution in [2.45, 2.75) is 20.3 Å². The largest absolute Gasteiger partial charge is 0.340 e. The van der Waals surface area contributed by atoms with E-state index in [9.17, 15) is 0 Å². The maximum absolute atomic E-state index is 4.27. The Labute approximate surface area is 138 Å². The zero-order chi connectivity index (χ0) is 16.1. The molecule has 4 nitrogen and oxygen atoms in total. The summed E-state index contributed by atoms with van der Waals surface area (Å²) in [7, 11) is 0. The molecule has 0 N–H and O–H groups in total. The van der Waals surface area contributed by atoms with E-state index < -0.39 is 0 Å². The number of pyridine rings is 2. The van der Waals surface area contributed by atoms with Crippen LogP contribution in [0.5, 0.6) is 0 Å². The fourth-order valence-electron chi connectivity index (χ4n) is 3.09. The van der Waals surface area contributed by atoms with Crippen LogP contribution in [-0.4, -0.2) is 41.0 Å². The quantitative estimate of drug-likeness (QED) is 0.812. The van der Waals surface area contributed by atoms with Crippen molar-refractivity contribution in [3.63, 3.8) is 0 Å². The highest BCUT2D eigenvalue weighted by molar-refractivity contribution is 5.87. The van der Waals surface area contributed by atoms with E-state index in [1.165, 1.54) is 11.4 Å². The lowest BCUT2D eigenvalue weighted by Gasteiger charge is -2.28. The van der Waals surface area contributed by atoms with Crippen LogP contribution in [-0.2, 0) is 0 Å². The summed E-state index contributed by atoms with van der Waals surface area (Å²) in [4.78, 5) is 13.4. The van der Waals surface area contributed by atoms with E-state index in [0.717, 1.165) is 43.7 Å². The highest BCUT2D eigenvalue weighted by atomic mass is 15.2. The monoisotopic (exact) mass is 308 g/mol. The van der Waals surface area contributed by atoms with Crippen molar-refractivity contribution in [2.75, 3.05) is 31.1 Å². The molecule has 0 saturated heterocycles. The molecule has 2 aromatic heterocycles. The van der Waals surface area contributed by atoms with Crippen molar-refractivity contribution in [1.29, 1.82) is 0 Å². The molecule has 23 heavy (non-hydrogen) atoms. The molecular weight excluding hydrogens is 284 g/mol. The smallest absolute Gasteiger partial charge is 0.0515 e. The summed E-state index contributed by atoms with van der Waals surface area (Å²) in [6, 6.07) is 4.21. The number of nitrogens with zero attached hydrogens (tertiary/aromatic N) is 4. The van der Waals surface area contributed by atoms with Gasteiger partial charge >= 0.3 is 0 Å². The third kappa shape index (κ3) is 3.42. The summed E-state index contributed by atoms with van der Waals surface area (Å²) in [6.45, 7) is 8.78. The molecule has 0 unspecified atom stereocenters. The Kier molecular flexibility index (Phi) is 5.03. The van der Waals surface area contributed by atoms with Gasteiger partial charge in [0.25, 0.3) is 0 Å². The second-order valence-corrected chi connectivity index (χ2v) is 5.73. The van der Waals surface area contributed by atoms with E-state index in [1.54, 1.807) is 0 Å². The predicted octanol–water partition coefficient (Wildman–Crippen LogP) is 3.83. The van der Waals surface area contributed by atoms with Gasteiger partial charge in [-0.05, 0) is 38.2 Å². The summed E-state index contributed by atoms with van der Waals surface area (Å²) >= 11 is 0. The molecule has 3 rings (SSSR count). The molecule has 0 fully saturated rings. The number of anilines is 2. The fraction of sp³-hybridized carbons (Fsp3) is 0.368. The maximum Gasteiger partial charge on any atom is 0.0515 e. The van der Waals surface area contributed by atoms with Crippen LogP contribution in [0.4, 0.5) is 11.4 Å². The van der Waals surface area contributed by atoms with E-state index >= 15 is 0 Å². The Bertz CT molecular complexity index is 627. The van der Waals surface area contributed by atoms with E-state index in [4.69, 9.17) is 0 Å². The van der Waals surface area contributed by atoms with Gasteiger partial charge < -0.3 is 9.80 Å². The van der Waals surface area contributed by atoms with Crippen molar-refractivity contribution in [2.24, 2.45) is 0 Å². The van der Waals surface area contributed by atoms with Crippen LogP contribution in [0.25, 0.3) is 12.2 Å². The number of hydrogen-bond donors (Lipinski definition) is 0. The summed E-state index contributed by atoms with van der Waals surface area (Å²) in [5.74, 6) is 0. The van der Waals surface area contributed by atoms with Gasteiger partial charge in [0.2, 0.25) is 0 Å². The average molecular weight is 308 g/mol. The first-order valence-electron chi connectivity index (χ1n) is 8.39. The average Bonchev–Trinajstić information content (AvgIpc) is 2.76. The third-order valence-electron chi connectivity index (χ3n) is 4.43. The molecule has 120 valence electrons. The highest BCUT2D eigenvalue weighted by Crippen LogP contribution is 2.35. The molecule has 0 radical (unpaired) electrons. The SMILES string of the molecule is CCN(CC)CCCN1c2ccncc2C=Cc2cnccc21. The molecule has 0 aliphatic carbocycles. The lowest BCUT2D eigenvalue weighted by molar-refractivity contribution is 0.301. The minimum Gasteiger partial charge on any atom is -0.340 e. The van der Waals surface area contributed by atoms with Gasteiger partial charge in [-0.25, -0.2) is 0 Å². The lowest BCUT2D eigenvalue weighted by Crippen LogP contribution is -2.28. The van der Waals surface area contributed by atoms with Crippen molar-refractivity contribution < 1.29 is 0 Å². The number of aromatic nitrogens is 2. The van der Waals surface area contributed by atoms with Gasteiger partial charge in [-0.15, -0.1) is 0 Å². The van der Waals surface area contributed by atoms with Crippen LogP contribution in [0.3, 0.4) is 0 Å².